The van der Waals surface area contributed by atoms with E-state index in [2.05, 4.69) is 15.5 Å². The third kappa shape index (κ3) is 6.65. The second kappa shape index (κ2) is 10.8. The standard InChI is InChI=1S/C19H30N4O3/c1-3-20-19(25)15-22(4-2)10-9-18(24)21-16-5-7-17(8-6-16)23-11-13-26-14-12-23/h5-8H,3-4,9-15H2,1-2H3,(H,20,25)(H,21,24). The maximum atomic E-state index is 12.2. The molecule has 7 heteroatoms. The molecule has 2 rings (SSSR count). The molecular formula is C19H30N4O3. The molecule has 1 saturated heterocycles. The molecule has 0 aromatic heterocycles. The largest absolute Gasteiger partial charge is 0.378 e. The predicted octanol–water partition coefficient (Wildman–Crippen LogP) is 1.31. The highest BCUT2D eigenvalue weighted by molar-refractivity contribution is 5.91. The van der Waals surface area contributed by atoms with Crippen molar-refractivity contribution in [2.75, 3.05) is 62.7 Å². The van der Waals surface area contributed by atoms with Crippen LogP contribution in [0.15, 0.2) is 24.3 Å². The molecule has 144 valence electrons. The number of nitrogens with zero attached hydrogens (tertiary/aromatic N) is 2. The summed E-state index contributed by atoms with van der Waals surface area (Å²) in [6.45, 7) is 9.42. The Morgan fingerprint density at radius 1 is 1.12 bits per heavy atom. The van der Waals surface area contributed by atoms with Gasteiger partial charge in [-0.15, -0.1) is 0 Å². The van der Waals surface area contributed by atoms with Crippen LogP contribution in [0.1, 0.15) is 20.3 Å². The van der Waals surface area contributed by atoms with Gasteiger partial charge in [-0.2, -0.15) is 0 Å². The van der Waals surface area contributed by atoms with Crippen LogP contribution in [0.2, 0.25) is 0 Å². The molecule has 1 aliphatic rings. The fourth-order valence-electron chi connectivity index (χ4n) is 2.87. The number of benzene rings is 1. The van der Waals surface area contributed by atoms with Crippen LogP contribution in [-0.2, 0) is 14.3 Å². The number of nitrogens with one attached hydrogen (secondary N) is 2. The van der Waals surface area contributed by atoms with Crippen LogP contribution in [0.4, 0.5) is 11.4 Å². The molecule has 26 heavy (non-hydrogen) atoms. The van der Waals surface area contributed by atoms with Crippen molar-refractivity contribution in [3.63, 3.8) is 0 Å². The van der Waals surface area contributed by atoms with Gasteiger partial charge in [0.25, 0.3) is 0 Å². The summed E-state index contributed by atoms with van der Waals surface area (Å²) in [6, 6.07) is 7.90. The van der Waals surface area contributed by atoms with Crippen molar-refractivity contribution < 1.29 is 14.3 Å². The average molecular weight is 362 g/mol. The predicted molar refractivity (Wildman–Crippen MR) is 104 cm³/mol. The van der Waals surface area contributed by atoms with Crippen LogP contribution < -0.4 is 15.5 Å². The minimum atomic E-state index is -0.0431. The first kappa shape index (κ1) is 20.2. The van der Waals surface area contributed by atoms with Crippen LogP contribution in [0.5, 0.6) is 0 Å². The molecule has 0 aliphatic carbocycles. The van der Waals surface area contributed by atoms with E-state index in [1.165, 1.54) is 0 Å². The summed E-state index contributed by atoms with van der Waals surface area (Å²) in [5.41, 5.74) is 1.93. The van der Waals surface area contributed by atoms with E-state index in [1.807, 2.05) is 43.0 Å². The molecule has 1 aromatic carbocycles. The number of carbonyl (C=O) groups excluding carboxylic acids is 2. The normalized spacial score (nSPS) is 14.3. The van der Waals surface area contributed by atoms with E-state index in [0.29, 0.717) is 26.1 Å². The molecular weight excluding hydrogens is 332 g/mol. The Kier molecular flexibility index (Phi) is 8.37. The van der Waals surface area contributed by atoms with Crippen molar-refractivity contribution in [1.29, 1.82) is 0 Å². The topological polar surface area (TPSA) is 73.9 Å². The molecule has 1 heterocycles. The Morgan fingerprint density at radius 2 is 1.81 bits per heavy atom. The highest BCUT2D eigenvalue weighted by Crippen LogP contribution is 2.19. The van der Waals surface area contributed by atoms with Crippen molar-refractivity contribution in [3.8, 4) is 0 Å². The molecule has 0 saturated carbocycles. The zero-order chi connectivity index (χ0) is 18.8. The Bertz CT molecular complexity index is 571. The van der Waals surface area contributed by atoms with Gasteiger partial charge in [0.2, 0.25) is 11.8 Å². The molecule has 7 nitrogen and oxygen atoms in total. The number of anilines is 2. The molecule has 0 unspecified atom stereocenters. The first-order chi connectivity index (χ1) is 12.6. The highest BCUT2D eigenvalue weighted by atomic mass is 16.5. The maximum Gasteiger partial charge on any atom is 0.234 e. The van der Waals surface area contributed by atoms with Crippen LogP contribution in [0.3, 0.4) is 0 Å². The lowest BCUT2D eigenvalue weighted by atomic mass is 10.2. The van der Waals surface area contributed by atoms with Crippen LogP contribution in [0, 0.1) is 0 Å². The smallest absolute Gasteiger partial charge is 0.234 e. The van der Waals surface area contributed by atoms with Crippen LogP contribution in [0.25, 0.3) is 0 Å². The zero-order valence-corrected chi connectivity index (χ0v) is 15.8. The number of carbonyl (C=O) groups is 2. The summed E-state index contributed by atoms with van der Waals surface area (Å²) >= 11 is 0. The quantitative estimate of drug-likeness (QED) is 0.693. The highest BCUT2D eigenvalue weighted by Gasteiger charge is 2.12. The van der Waals surface area contributed by atoms with E-state index in [-0.39, 0.29) is 11.8 Å². The van der Waals surface area contributed by atoms with E-state index < -0.39 is 0 Å². The van der Waals surface area contributed by atoms with Crippen molar-refractivity contribution in [2.45, 2.75) is 20.3 Å². The third-order valence-corrected chi connectivity index (χ3v) is 4.37. The number of morpholine rings is 1. The minimum Gasteiger partial charge on any atom is -0.378 e. The molecule has 0 radical (unpaired) electrons. The number of rotatable bonds is 9. The number of hydrogen-bond donors (Lipinski definition) is 2. The molecule has 0 spiro atoms. The fourth-order valence-corrected chi connectivity index (χ4v) is 2.87. The summed E-state index contributed by atoms with van der Waals surface area (Å²) in [4.78, 5) is 28.0. The second-order valence-electron chi connectivity index (χ2n) is 6.27. The summed E-state index contributed by atoms with van der Waals surface area (Å²) in [5, 5.41) is 5.70. The second-order valence-corrected chi connectivity index (χ2v) is 6.27. The Balaban J connectivity index is 1.76. The van der Waals surface area contributed by atoms with E-state index in [0.717, 1.165) is 44.2 Å². The van der Waals surface area contributed by atoms with Crippen molar-refractivity contribution in [3.05, 3.63) is 24.3 Å². The summed E-state index contributed by atoms with van der Waals surface area (Å²) in [7, 11) is 0. The number of amides is 2. The fraction of sp³-hybridized carbons (Fsp3) is 0.579. The summed E-state index contributed by atoms with van der Waals surface area (Å²) in [6.07, 6.45) is 0.360. The van der Waals surface area contributed by atoms with Gasteiger partial charge in [-0.1, -0.05) is 6.92 Å². The Morgan fingerprint density at radius 3 is 2.42 bits per heavy atom. The lowest BCUT2D eigenvalue weighted by molar-refractivity contribution is -0.123. The van der Waals surface area contributed by atoms with Gasteiger partial charge in [-0.05, 0) is 37.7 Å². The SMILES string of the molecule is CCNC(=O)CN(CC)CCC(=O)Nc1ccc(N2CCOCC2)cc1. The van der Waals surface area contributed by atoms with Gasteiger partial charge in [0.05, 0.1) is 19.8 Å². The minimum absolute atomic E-state index is 0.00606. The summed E-state index contributed by atoms with van der Waals surface area (Å²) < 4.78 is 5.36. The first-order valence-corrected chi connectivity index (χ1v) is 9.34. The Hall–Kier alpha value is -2.12. The molecule has 0 atom stereocenters. The van der Waals surface area contributed by atoms with E-state index in [4.69, 9.17) is 4.74 Å². The average Bonchev–Trinajstić information content (AvgIpc) is 2.66. The molecule has 0 bridgehead atoms. The summed E-state index contributed by atoms with van der Waals surface area (Å²) in [5.74, 6) is -0.0491. The van der Waals surface area contributed by atoms with Crippen molar-refractivity contribution >= 4 is 23.2 Å². The molecule has 1 aliphatic heterocycles. The van der Waals surface area contributed by atoms with Gasteiger partial charge in [-0.3, -0.25) is 14.5 Å². The lowest BCUT2D eigenvalue weighted by Gasteiger charge is -2.28. The molecule has 2 amide bonds. The number of ether oxygens (including phenoxy) is 1. The van der Waals surface area contributed by atoms with E-state index >= 15 is 0 Å². The van der Waals surface area contributed by atoms with Crippen molar-refractivity contribution in [1.82, 2.24) is 10.2 Å². The van der Waals surface area contributed by atoms with Crippen LogP contribution in [-0.4, -0.2) is 69.2 Å². The lowest BCUT2D eigenvalue weighted by Crippen LogP contribution is -2.38. The maximum absolute atomic E-state index is 12.2. The number of likely N-dealkylation sites (N-methyl/N-ethyl adjacent to an activating group) is 2. The first-order valence-electron chi connectivity index (χ1n) is 9.34. The third-order valence-electron chi connectivity index (χ3n) is 4.37. The molecule has 1 aromatic rings. The molecule has 1 fully saturated rings. The monoisotopic (exact) mass is 362 g/mol. The van der Waals surface area contributed by atoms with E-state index in [9.17, 15) is 9.59 Å². The van der Waals surface area contributed by atoms with Gasteiger partial charge < -0.3 is 20.3 Å². The van der Waals surface area contributed by atoms with Gasteiger partial charge in [-0.25, -0.2) is 0 Å². The number of hydrogen-bond acceptors (Lipinski definition) is 5. The van der Waals surface area contributed by atoms with Crippen LogP contribution >= 0.6 is 0 Å². The zero-order valence-electron chi connectivity index (χ0n) is 15.8. The van der Waals surface area contributed by atoms with E-state index in [1.54, 1.807) is 0 Å². The van der Waals surface area contributed by atoms with Gasteiger partial charge in [0, 0.05) is 44.0 Å². The molecule has 2 N–H and O–H groups in total. The van der Waals surface area contributed by atoms with Crippen molar-refractivity contribution in [2.24, 2.45) is 0 Å². The Labute approximate surface area is 155 Å². The van der Waals surface area contributed by atoms with Gasteiger partial charge >= 0.3 is 0 Å². The van der Waals surface area contributed by atoms with Gasteiger partial charge in [0.1, 0.15) is 0 Å². The van der Waals surface area contributed by atoms with Gasteiger partial charge in [0.15, 0.2) is 0 Å².